The predicted octanol–water partition coefficient (Wildman–Crippen LogP) is 3.95. The summed E-state index contributed by atoms with van der Waals surface area (Å²) < 4.78 is 0. The van der Waals surface area contributed by atoms with Crippen molar-refractivity contribution in [1.29, 1.82) is 0 Å². The van der Waals surface area contributed by atoms with E-state index in [1.807, 2.05) is 33.8 Å². The lowest BCUT2D eigenvalue weighted by Crippen LogP contribution is -2.30. The summed E-state index contributed by atoms with van der Waals surface area (Å²) in [6.45, 7) is 18.1. The first-order valence-corrected chi connectivity index (χ1v) is 6.55. The van der Waals surface area contributed by atoms with Crippen molar-refractivity contribution in [2.24, 2.45) is 11.8 Å². The van der Waals surface area contributed by atoms with Crippen molar-refractivity contribution in [2.75, 3.05) is 13.1 Å². The van der Waals surface area contributed by atoms with Crippen LogP contribution in [0.3, 0.4) is 0 Å². The number of fused-ring (bicyclic) bond motifs is 2. The van der Waals surface area contributed by atoms with Crippen LogP contribution in [0.2, 0.25) is 0 Å². The zero-order chi connectivity index (χ0) is 12.6. The Morgan fingerprint density at radius 3 is 2.19 bits per heavy atom. The van der Waals surface area contributed by atoms with Crippen LogP contribution in [0.1, 0.15) is 34.1 Å². The molecule has 1 nitrogen and oxygen atoms in total. The fourth-order valence-electron chi connectivity index (χ4n) is 2.31. The molecule has 2 bridgehead atoms. The van der Waals surface area contributed by atoms with E-state index in [9.17, 15) is 0 Å². The molecule has 0 radical (unpaired) electrons. The van der Waals surface area contributed by atoms with Crippen molar-refractivity contribution in [3.05, 3.63) is 36.5 Å². The van der Waals surface area contributed by atoms with Gasteiger partial charge in [-0.1, -0.05) is 53.0 Å². The van der Waals surface area contributed by atoms with Gasteiger partial charge in [-0.15, -0.1) is 0 Å². The summed E-state index contributed by atoms with van der Waals surface area (Å²) in [5.74, 6) is 1.39. The Morgan fingerprint density at radius 1 is 1.12 bits per heavy atom. The molecule has 1 aliphatic heterocycles. The van der Waals surface area contributed by atoms with Gasteiger partial charge >= 0.3 is 0 Å². The summed E-state index contributed by atoms with van der Waals surface area (Å²) in [6.07, 6.45) is 5.30. The molecule has 0 aromatic heterocycles. The van der Waals surface area contributed by atoms with Gasteiger partial charge in [0.25, 0.3) is 0 Å². The first-order valence-electron chi connectivity index (χ1n) is 6.55. The highest BCUT2D eigenvalue weighted by atomic mass is 14.9. The van der Waals surface area contributed by atoms with Crippen LogP contribution in [-0.2, 0) is 0 Å². The number of hydrogen-bond acceptors (Lipinski definition) is 1. The third-order valence-electron chi connectivity index (χ3n) is 2.95. The summed E-state index contributed by atoms with van der Waals surface area (Å²) in [5, 5.41) is 3.43. The highest BCUT2D eigenvalue weighted by Crippen LogP contribution is 2.41. The standard InChI is InChI=1S/C11H15N.2C2H6/c1-3-4-11-8(2)9-5-10(11)7-12-6-9;2*1-2/h3-4,9-10,12H,1-2,5-7H2;2*1-2H3/b11-4+;;. The van der Waals surface area contributed by atoms with E-state index in [2.05, 4.69) is 24.6 Å². The Morgan fingerprint density at radius 2 is 1.69 bits per heavy atom. The van der Waals surface area contributed by atoms with Crippen molar-refractivity contribution in [2.45, 2.75) is 34.1 Å². The molecule has 16 heavy (non-hydrogen) atoms. The third-order valence-corrected chi connectivity index (χ3v) is 2.95. The summed E-state index contributed by atoms with van der Waals surface area (Å²) >= 11 is 0. The molecule has 0 amide bonds. The average Bonchev–Trinajstić information content (AvgIpc) is 2.59. The first kappa shape index (κ1) is 15.2. The van der Waals surface area contributed by atoms with E-state index < -0.39 is 0 Å². The lowest BCUT2D eigenvalue weighted by molar-refractivity contribution is 0.406. The van der Waals surface area contributed by atoms with Crippen molar-refractivity contribution in [3.8, 4) is 0 Å². The zero-order valence-corrected chi connectivity index (χ0v) is 11.3. The summed E-state index contributed by atoms with van der Waals surface area (Å²) in [6, 6.07) is 0. The maximum Gasteiger partial charge on any atom is 0.00207 e. The second kappa shape index (κ2) is 8.35. The van der Waals surface area contributed by atoms with Crippen molar-refractivity contribution >= 4 is 0 Å². The lowest BCUT2D eigenvalue weighted by Gasteiger charge is -2.18. The molecule has 1 heteroatoms. The molecule has 1 saturated carbocycles. The number of allylic oxidation sites excluding steroid dienone is 2. The second-order valence-corrected chi connectivity index (χ2v) is 3.67. The molecule has 1 heterocycles. The highest BCUT2D eigenvalue weighted by Gasteiger charge is 2.34. The zero-order valence-electron chi connectivity index (χ0n) is 11.3. The van der Waals surface area contributed by atoms with E-state index in [-0.39, 0.29) is 0 Å². The SMILES string of the molecule is C=C/C=C1\C(=C)C2CNCC1C2.CC.CC. The Hall–Kier alpha value is -0.820. The first-order chi connectivity index (χ1) is 7.83. The van der Waals surface area contributed by atoms with Crippen LogP contribution in [-0.4, -0.2) is 13.1 Å². The van der Waals surface area contributed by atoms with Crippen LogP contribution >= 0.6 is 0 Å². The van der Waals surface area contributed by atoms with Crippen molar-refractivity contribution in [3.63, 3.8) is 0 Å². The Balaban J connectivity index is 0.000000509. The fraction of sp³-hybridized carbons (Fsp3) is 0.600. The van der Waals surface area contributed by atoms with Gasteiger partial charge in [-0.3, -0.25) is 0 Å². The topological polar surface area (TPSA) is 12.0 Å². The summed E-state index contributed by atoms with van der Waals surface area (Å²) in [4.78, 5) is 0. The molecule has 0 spiro atoms. The minimum Gasteiger partial charge on any atom is -0.316 e. The molecule has 2 aliphatic rings. The van der Waals surface area contributed by atoms with Gasteiger partial charge in [0.05, 0.1) is 0 Å². The van der Waals surface area contributed by atoms with Gasteiger partial charge in [0, 0.05) is 13.1 Å². The highest BCUT2D eigenvalue weighted by molar-refractivity contribution is 5.41. The van der Waals surface area contributed by atoms with E-state index in [1.54, 1.807) is 0 Å². The van der Waals surface area contributed by atoms with Crippen LogP contribution in [0.5, 0.6) is 0 Å². The summed E-state index contributed by atoms with van der Waals surface area (Å²) in [7, 11) is 0. The maximum atomic E-state index is 4.14. The predicted molar refractivity (Wildman–Crippen MR) is 74.6 cm³/mol. The molecule has 92 valence electrons. The van der Waals surface area contributed by atoms with E-state index in [1.165, 1.54) is 17.6 Å². The molecule has 2 fully saturated rings. The smallest absolute Gasteiger partial charge is 0.00207 e. The molecular formula is C15H27N. The Bertz CT molecular complexity index is 250. The van der Waals surface area contributed by atoms with Gasteiger partial charge in [-0.2, -0.15) is 0 Å². The minimum absolute atomic E-state index is 0.690. The van der Waals surface area contributed by atoms with E-state index in [0.29, 0.717) is 11.8 Å². The third kappa shape index (κ3) is 3.34. The normalized spacial score (nSPS) is 28.8. The van der Waals surface area contributed by atoms with Gasteiger partial charge < -0.3 is 5.32 Å². The van der Waals surface area contributed by atoms with Crippen LogP contribution in [0, 0.1) is 11.8 Å². The van der Waals surface area contributed by atoms with Crippen LogP contribution in [0.25, 0.3) is 0 Å². The molecule has 2 atom stereocenters. The molecule has 1 N–H and O–H groups in total. The molecule has 2 unspecified atom stereocenters. The monoisotopic (exact) mass is 221 g/mol. The van der Waals surface area contributed by atoms with Gasteiger partial charge in [0.2, 0.25) is 0 Å². The lowest BCUT2D eigenvalue weighted by atomic mass is 9.99. The number of rotatable bonds is 1. The maximum absolute atomic E-state index is 4.14. The van der Waals surface area contributed by atoms with Gasteiger partial charge in [0.1, 0.15) is 0 Å². The largest absolute Gasteiger partial charge is 0.316 e. The van der Waals surface area contributed by atoms with E-state index >= 15 is 0 Å². The number of piperidine rings is 1. The quantitative estimate of drug-likeness (QED) is 0.707. The van der Waals surface area contributed by atoms with Gasteiger partial charge in [0.15, 0.2) is 0 Å². The van der Waals surface area contributed by atoms with E-state index in [0.717, 1.165) is 13.1 Å². The number of nitrogens with one attached hydrogen (secondary N) is 1. The molecule has 0 aromatic carbocycles. The van der Waals surface area contributed by atoms with Crippen molar-refractivity contribution in [1.82, 2.24) is 5.32 Å². The summed E-state index contributed by atoms with van der Waals surface area (Å²) in [5.41, 5.74) is 2.77. The van der Waals surface area contributed by atoms with Gasteiger partial charge in [-0.25, -0.2) is 0 Å². The van der Waals surface area contributed by atoms with Gasteiger partial charge in [-0.05, 0) is 29.4 Å². The minimum atomic E-state index is 0.690. The van der Waals surface area contributed by atoms with Crippen molar-refractivity contribution < 1.29 is 0 Å². The van der Waals surface area contributed by atoms with Crippen LogP contribution in [0.4, 0.5) is 0 Å². The Labute approximate surface area is 101 Å². The molecule has 1 saturated heterocycles. The molecule has 0 aromatic rings. The van der Waals surface area contributed by atoms with Crippen LogP contribution in [0.15, 0.2) is 36.5 Å². The molecule has 1 aliphatic carbocycles. The van der Waals surface area contributed by atoms with Crippen LogP contribution < -0.4 is 5.32 Å². The number of hydrogen-bond donors (Lipinski definition) is 1. The average molecular weight is 221 g/mol. The molecule has 2 rings (SSSR count). The molecular weight excluding hydrogens is 194 g/mol. The Kier molecular flexibility index (Phi) is 7.92. The van der Waals surface area contributed by atoms with E-state index in [4.69, 9.17) is 0 Å². The fourth-order valence-corrected chi connectivity index (χ4v) is 2.31. The second-order valence-electron chi connectivity index (χ2n) is 3.67.